The van der Waals surface area contributed by atoms with E-state index >= 15 is 0 Å². The summed E-state index contributed by atoms with van der Waals surface area (Å²) in [5.41, 5.74) is 1.45. The molecule has 0 aromatic heterocycles. The third-order valence-electron chi connectivity index (χ3n) is 3.30. The Morgan fingerprint density at radius 1 is 1.42 bits per heavy atom. The minimum Gasteiger partial charge on any atom is -0.488 e. The topological polar surface area (TPSA) is 35.5 Å². The lowest BCUT2D eigenvalue weighted by Gasteiger charge is -2.15. The van der Waals surface area contributed by atoms with Crippen LogP contribution in [-0.4, -0.2) is 19.7 Å². The predicted molar refractivity (Wildman–Crippen MR) is 74.2 cm³/mol. The van der Waals surface area contributed by atoms with E-state index in [1.54, 1.807) is 12.2 Å². The summed E-state index contributed by atoms with van der Waals surface area (Å²) >= 11 is 0. The van der Waals surface area contributed by atoms with E-state index < -0.39 is 0 Å². The molecule has 19 heavy (non-hydrogen) atoms. The van der Waals surface area contributed by atoms with E-state index in [9.17, 15) is 4.79 Å². The number of carbonyl (C=O) groups excluding carboxylic acids is 1. The molecule has 0 heterocycles. The van der Waals surface area contributed by atoms with Gasteiger partial charge in [0, 0.05) is 0 Å². The lowest BCUT2D eigenvalue weighted by atomic mass is 10.1. The highest BCUT2D eigenvalue weighted by Gasteiger charge is 2.39. The van der Waals surface area contributed by atoms with Crippen molar-refractivity contribution in [3.8, 4) is 0 Å². The van der Waals surface area contributed by atoms with Crippen LogP contribution in [0.4, 0.5) is 0 Å². The van der Waals surface area contributed by atoms with E-state index in [-0.39, 0.29) is 5.97 Å². The lowest BCUT2D eigenvalue weighted by molar-refractivity contribution is -0.136. The van der Waals surface area contributed by atoms with E-state index in [1.165, 1.54) is 7.11 Å². The summed E-state index contributed by atoms with van der Waals surface area (Å²) in [6, 6.07) is 0. The Balaban J connectivity index is 2.07. The molecule has 1 fully saturated rings. The first-order chi connectivity index (χ1) is 9.19. The fourth-order valence-electron chi connectivity index (χ4n) is 2.09. The number of methoxy groups -OCH3 is 1. The van der Waals surface area contributed by atoms with Gasteiger partial charge in [0.1, 0.15) is 12.4 Å². The van der Waals surface area contributed by atoms with Crippen molar-refractivity contribution in [2.75, 3.05) is 13.7 Å². The summed E-state index contributed by atoms with van der Waals surface area (Å²) in [6.45, 7) is 7.72. The summed E-state index contributed by atoms with van der Waals surface area (Å²) in [7, 11) is 1.38. The predicted octanol–water partition coefficient (Wildman–Crippen LogP) is 2.93. The molecule has 2 aliphatic rings. The van der Waals surface area contributed by atoms with Gasteiger partial charge in [-0.05, 0) is 29.9 Å². The monoisotopic (exact) mass is 258 g/mol. The van der Waals surface area contributed by atoms with Crippen LogP contribution >= 0.6 is 0 Å². The van der Waals surface area contributed by atoms with E-state index in [0.717, 1.165) is 12.0 Å². The average molecular weight is 258 g/mol. The molecule has 100 valence electrons. The first kappa shape index (κ1) is 13.4. The molecule has 0 saturated heterocycles. The summed E-state index contributed by atoms with van der Waals surface area (Å²) in [6.07, 6.45) is 10.3. The first-order valence-corrected chi connectivity index (χ1v) is 6.28. The number of allylic oxidation sites excluding steroid dienone is 4. The third-order valence-corrected chi connectivity index (χ3v) is 3.30. The van der Waals surface area contributed by atoms with Gasteiger partial charge in [0.15, 0.2) is 0 Å². The average Bonchev–Trinajstić information content (AvgIpc) is 3.19. The second-order valence-corrected chi connectivity index (χ2v) is 4.64. The van der Waals surface area contributed by atoms with Crippen molar-refractivity contribution in [2.45, 2.75) is 6.42 Å². The van der Waals surface area contributed by atoms with Crippen LogP contribution in [0.3, 0.4) is 0 Å². The SMILES string of the molecule is C=C/C=C(\C=C)COC1=CC2CC2C=C1C(=O)OC. The Morgan fingerprint density at radius 3 is 2.79 bits per heavy atom. The zero-order chi connectivity index (χ0) is 13.8. The molecule has 0 radical (unpaired) electrons. The smallest absolute Gasteiger partial charge is 0.341 e. The molecule has 0 amide bonds. The van der Waals surface area contributed by atoms with Crippen molar-refractivity contribution in [3.63, 3.8) is 0 Å². The molecular formula is C16H18O3. The van der Waals surface area contributed by atoms with Crippen molar-refractivity contribution in [2.24, 2.45) is 11.8 Å². The molecule has 0 N–H and O–H groups in total. The molecule has 0 aromatic rings. The maximum atomic E-state index is 11.7. The maximum Gasteiger partial charge on any atom is 0.341 e. The first-order valence-electron chi connectivity index (χ1n) is 6.28. The van der Waals surface area contributed by atoms with Gasteiger partial charge < -0.3 is 9.47 Å². The normalized spacial score (nSPS) is 24.6. The number of ether oxygens (including phenoxy) is 2. The number of hydrogen-bond donors (Lipinski definition) is 0. The van der Waals surface area contributed by atoms with Gasteiger partial charge in [-0.1, -0.05) is 37.5 Å². The summed E-state index contributed by atoms with van der Waals surface area (Å²) in [5.74, 6) is 1.26. The van der Waals surface area contributed by atoms with Gasteiger partial charge >= 0.3 is 5.97 Å². The number of carbonyl (C=O) groups is 1. The molecule has 0 aliphatic heterocycles. The molecule has 3 heteroatoms. The molecule has 0 aromatic carbocycles. The molecule has 2 aliphatic carbocycles. The maximum absolute atomic E-state index is 11.7. The standard InChI is InChI=1S/C16H18O3/c1-4-6-11(5-2)10-19-15-9-13-7-12(13)8-14(15)16(17)18-3/h4-6,8-9,12-13H,1-2,7,10H2,3H3/b11-6+. The van der Waals surface area contributed by atoms with Crippen LogP contribution in [-0.2, 0) is 14.3 Å². The minimum atomic E-state index is -0.343. The molecule has 2 rings (SSSR count). The van der Waals surface area contributed by atoms with Crippen LogP contribution in [0.1, 0.15) is 6.42 Å². The molecule has 1 saturated carbocycles. The van der Waals surface area contributed by atoms with E-state index in [1.807, 2.05) is 18.2 Å². The highest BCUT2D eigenvalue weighted by atomic mass is 16.5. The van der Waals surface area contributed by atoms with E-state index in [0.29, 0.717) is 29.8 Å². The molecule has 2 atom stereocenters. The van der Waals surface area contributed by atoms with Crippen LogP contribution in [0.5, 0.6) is 0 Å². The van der Waals surface area contributed by atoms with Gasteiger partial charge in [0.25, 0.3) is 0 Å². The van der Waals surface area contributed by atoms with Crippen LogP contribution in [0.2, 0.25) is 0 Å². The highest BCUT2D eigenvalue weighted by Crippen LogP contribution is 2.46. The number of esters is 1. The second kappa shape index (κ2) is 5.74. The Bertz CT molecular complexity index is 494. The Kier molecular flexibility index (Phi) is 4.05. The van der Waals surface area contributed by atoms with Gasteiger partial charge in [-0.3, -0.25) is 0 Å². The third kappa shape index (κ3) is 3.05. The Labute approximate surface area is 113 Å². The highest BCUT2D eigenvalue weighted by molar-refractivity contribution is 5.93. The number of hydrogen-bond acceptors (Lipinski definition) is 3. The fourth-order valence-corrected chi connectivity index (χ4v) is 2.09. The molecule has 0 spiro atoms. The van der Waals surface area contributed by atoms with Crippen molar-refractivity contribution < 1.29 is 14.3 Å². The van der Waals surface area contributed by atoms with Crippen molar-refractivity contribution in [3.05, 3.63) is 60.4 Å². The Hall–Kier alpha value is -2.03. The van der Waals surface area contributed by atoms with E-state index in [4.69, 9.17) is 9.47 Å². The van der Waals surface area contributed by atoms with Crippen LogP contribution in [0, 0.1) is 11.8 Å². The largest absolute Gasteiger partial charge is 0.488 e. The summed E-state index contributed by atoms with van der Waals surface area (Å²) < 4.78 is 10.5. The number of fused-ring (bicyclic) bond motifs is 1. The van der Waals surface area contributed by atoms with Crippen LogP contribution < -0.4 is 0 Å². The summed E-state index contributed by atoms with van der Waals surface area (Å²) in [5, 5.41) is 0. The van der Waals surface area contributed by atoms with Gasteiger partial charge in [-0.15, -0.1) is 0 Å². The second-order valence-electron chi connectivity index (χ2n) is 4.64. The zero-order valence-corrected chi connectivity index (χ0v) is 11.1. The van der Waals surface area contributed by atoms with Crippen molar-refractivity contribution in [1.82, 2.24) is 0 Å². The van der Waals surface area contributed by atoms with E-state index in [2.05, 4.69) is 13.2 Å². The van der Waals surface area contributed by atoms with Gasteiger partial charge in [-0.2, -0.15) is 0 Å². The summed E-state index contributed by atoms with van der Waals surface area (Å²) in [4.78, 5) is 11.7. The molecular weight excluding hydrogens is 240 g/mol. The van der Waals surface area contributed by atoms with Crippen LogP contribution in [0.25, 0.3) is 0 Å². The van der Waals surface area contributed by atoms with Crippen molar-refractivity contribution >= 4 is 5.97 Å². The molecule has 3 nitrogen and oxygen atoms in total. The zero-order valence-electron chi connectivity index (χ0n) is 11.1. The van der Waals surface area contributed by atoms with Gasteiger partial charge in [-0.25, -0.2) is 4.79 Å². The molecule has 2 unspecified atom stereocenters. The van der Waals surface area contributed by atoms with Crippen molar-refractivity contribution in [1.29, 1.82) is 0 Å². The quantitative estimate of drug-likeness (QED) is 0.543. The van der Waals surface area contributed by atoms with Gasteiger partial charge in [0.05, 0.1) is 12.7 Å². The van der Waals surface area contributed by atoms with Gasteiger partial charge in [0.2, 0.25) is 0 Å². The van der Waals surface area contributed by atoms with Crippen LogP contribution in [0.15, 0.2) is 60.4 Å². The lowest BCUT2D eigenvalue weighted by Crippen LogP contribution is -2.13. The number of rotatable bonds is 6. The minimum absolute atomic E-state index is 0.343. The molecule has 0 bridgehead atoms. The fraction of sp³-hybridized carbons (Fsp3) is 0.312. The Morgan fingerprint density at radius 2 is 2.16 bits per heavy atom.